The predicted molar refractivity (Wildman–Crippen MR) is 120 cm³/mol. The fourth-order valence-electron chi connectivity index (χ4n) is 3.12. The smallest absolute Gasteiger partial charge is 0.273 e. The minimum absolute atomic E-state index is 0.0294. The van der Waals surface area contributed by atoms with E-state index in [0.29, 0.717) is 17.2 Å². The Morgan fingerprint density at radius 1 is 0.969 bits per heavy atom. The highest BCUT2D eigenvalue weighted by Gasteiger charge is 2.18. The second-order valence-corrected chi connectivity index (χ2v) is 7.27. The number of halogens is 1. The number of ketones is 1. The number of phenolic OH excluding ortho intramolecular Hbond substituents is 1. The second-order valence-electron chi connectivity index (χ2n) is 6.83. The van der Waals surface area contributed by atoms with Crippen LogP contribution < -0.4 is 10.3 Å². The number of hydrogen-bond donors (Lipinski definition) is 1. The molecule has 0 atom stereocenters. The summed E-state index contributed by atoms with van der Waals surface area (Å²) < 4.78 is 6.96. The SMILES string of the molecule is N#Cc1cc(C(=O)c2cc(Cl)ccc2O)cn(-c2ccc(Oc3ccccc3)cc2)c1=O. The van der Waals surface area contributed by atoms with Gasteiger partial charge in [0, 0.05) is 22.5 Å². The standard InChI is InChI=1S/C25H15ClN2O4/c26-18-6-11-23(29)22(13-18)24(30)17-12-16(14-27)25(31)28(15-17)19-7-9-21(10-8-19)32-20-4-2-1-3-5-20/h1-13,15,29H. The first-order chi connectivity index (χ1) is 15.5. The van der Waals surface area contributed by atoms with E-state index in [1.54, 1.807) is 24.3 Å². The van der Waals surface area contributed by atoms with E-state index in [9.17, 15) is 20.0 Å². The first kappa shape index (κ1) is 20.9. The van der Waals surface area contributed by atoms with Crippen LogP contribution in [0.2, 0.25) is 5.02 Å². The van der Waals surface area contributed by atoms with Crippen LogP contribution >= 0.6 is 11.6 Å². The predicted octanol–water partition coefficient (Wildman–Crippen LogP) is 5.09. The lowest BCUT2D eigenvalue weighted by atomic mass is 10.0. The van der Waals surface area contributed by atoms with Crippen LogP contribution in [0.5, 0.6) is 17.2 Å². The van der Waals surface area contributed by atoms with Gasteiger partial charge in [0.1, 0.15) is 28.9 Å². The van der Waals surface area contributed by atoms with E-state index in [0.717, 1.165) is 0 Å². The molecule has 0 radical (unpaired) electrons. The molecule has 0 saturated carbocycles. The molecule has 0 aliphatic rings. The van der Waals surface area contributed by atoms with E-state index in [1.807, 2.05) is 36.4 Å². The van der Waals surface area contributed by atoms with E-state index < -0.39 is 11.3 Å². The van der Waals surface area contributed by atoms with Crippen LogP contribution in [0.4, 0.5) is 0 Å². The number of para-hydroxylation sites is 1. The topological polar surface area (TPSA) is 92.3 Å². The molecule has 32 heavy (non-hydrogen) atoms. The molecule has 1 heterocycles. The summed E-state index contributed by atoms with van der Waals surface area (Å²) in [4.78, 5) is 25.7. The molecule has 4 rings (SSSR count). The molecule has 156 valence electrons. The Balaban J connectivity index is 1.73. The van der Waals surface area contributed by atoms with Gasteiger partial charge >= 0.3 is 0 Å². The zero-order valence-electron chi connectivity index (χ0n) is 16.5. The molecule has 0 bridgehead atoms. The highest BCUT2D eigenvalue weighted by molar-refractivity contribution is 6.31. The molecule has 3 aromatic carbocycles. The Bertz CT molecular complexity index is 1410. The van der Waals surface area contributed by atoms with Crippen molar-refractivity contribution in [1.82, 2.24) is 4.57 Å². The maximum absolute atomic E-state index is 13.0. The van der Waals surface area contributed by atoms with Crippen molar-refractivity contribution >= 4 is 17.4 Å². The van der Waals surface area contributed by atoms with Gasteiger partial charge in [-0.3, -0.25) is 14.2 Å². The van der Waals surface area contributed by atoms with Crippen molar-refractivity contribution < 1.29 is 14.6 Å². The van der Waals surface area contributed by atoms with E-state index in [1.165, 1.54) is 35.0 Å². The average molecular weight is 443 g/mol. The molecule has 0 amide bonds. The monoisotopic (exact) mass is 442 g/mol. The molecule has 0 aliphatic heterocycles. The maximum atomic E-state index is 13.0. The largest absolute Gasteiger partial charge is 0.507 e. The highest BCUT2D eigenvalue weighted by atomic mass is 35.5. The van der Waals surface area contributed by atoms with Crippen LogP contribution in [-0.4, -0.2) is 15.5 Å². The Morgan fingerprint density at radius 3 is 2.34 bits per heavy atom. The second kappa shape index (κ2) is 8.80. The van der Waals surface area contributed by atoms with Crippen LogP contribution in [0.3, 0.4) is 0 Å². The van der Waals surface area contributed by atoms with Gasteiger partial charge in [-0.15, -0.1) is 0 Å². The number of nitrogens with zero attached hydrogens (tertiary/aromatic N) is 2. The summed E-state index contributed by atoms with van der Waals surface area (Å²) in [6.45, 7) is 0. The summed E-state index contributed by atoms with van der Waals surface area (Å²) in [5, 5.41) is 19.7. The maximum Gasteiger partial charge on any atom is 0.273 e. The molecule has 0 saturated heterocycles. The number of nitriles is 1. The van der Waals surface area contributed by atoms with Crippen molar-refractivity contribution in [2.75, 3.05) is 0 Å². The third-order valence-corrected chi connectivity index (χ3v) is 4.93. The Kier molecular flexibility index (Phi) is 5.75. The minimum atomic E-state index is -0.573. The van der Waals surface area contributed by atoms with Gasteiger partial charge in [0.05, 0.1) is 5.56 Å². The Hall–Kier alpha value is -4.34. The van der Waals surface area contributed by atoms with Gasteiger partial charge in [-0.25, -0.2) is 0 Å². The van der Waals surface area contributed by atoms with Crippen molar-refractivity contribution in [2.24, 2.45) is 0 Å². The molecule has 0 fully saturated rings. The summed E-state index contributed by atoms with van der Waals surface area (Å²) in [6.07, 6.45) is 1.33. The lowest BCUT2D eigenvalue weighted by Crippen LogP contribution is -2.22. The lowest BCUT2D eigenvalue weighted by molar-refractivity contribution is 0.103. The van der Waals surface area contributed by atoms with E-state index >= 15 is 0 Å². The average Bonchev–Trinajstić information content (AvgIpc) is 2.81. The normalized spacial score (nSPS) is 10.4. The fraction of sp³-hybridized carbons (Fsp3) is 0. The zero-order valence-corrected chi connectivity index (χ0v) is 17.3. The number of pyridine rings is 1. The number of carbonyl (C=O) groups is 1. The Labute approximate surface area is 188 Å². The first-order valence-corrected chi connectivity index (χ1v) is 9.87. The molecule has 1 aromatic heterocycles. The first-order valence-electron chi connectivity index (χ1n) is 9.49. The van der Waals surface area contributed by atoms with Crippen LogP contribution in [0.15, 0.2) is 89.9 Å². The molecule has 7 heteroatoms. The number of aromatic nitrogens is 1. The molecule has 6 nitrogen and oxygen atoms in total. The van der Waals surface area contributed by atoms with Crippen LogP contribution in [0.1, 0.15) is 21.5 Å². The number of aromatic hydroxyl groups is 1. The minimum Gasteiger partial charge on any atom is -0.507 e. The van der Waals surface area contributed by atoms with Crippen molar-refractivity contribution in [1.29, 1.82) is 5.26 Å². The van der Waals surface area contributed by atoms with Gasteiger partial charge < -0.3 is 9.84 Å². The van der Waals surface area contributed by atoms with Gasteiger partial charge in [0.25, 0.3) is 5.56 Å². The van der Waals surface area contributed by atoms with Crippen LogP contribution in [0, 0.1) is 11.3 Å². The molecule has 0 aliphatic carbocycles. The quantitative estimate of drug-likeness (QED) is 0.434. The summed E-state index contributed by atoms with van der Waals surface area (Å²) in [7, 11) is 0. The summed E-state index contributed by atoms with van der Waals surface area (Å²) in [5.74, 6) is 0.403. The molecular weight excluding hydrogens is 428 g/mol. The van der Waals surface area contributed by atoms with E-state index in [2.05, 4.69) is 0 Å². The van der Waals surface area contributed by atoms with Gasteiger partial charge in [-0.05, 0) is 60.7 Å². The van der Waals surface area contributed by atoms with E-state index in [4.69, 9.17) is 16.3 Å². The van der Waals surface area contributed by atoms with Gasteiger partial charge in [0.15, 0.2) is 5.78 Å². The molecule has 4 aromatic rings. The van der Waals surface area contributed by atoms with Crippen LogP contribution in [-0.2, 0) is 0 Å². The molecule has 0 unspecified atom stereocenters. The van der Waals surface area contributed by atoms with Gasteiger partial charge in [0.2, 0.25) is 0 Å². The highest BCUT2D eigenvalue weighted by Crippen LogP contribution is 2.25. The number of phenols is 1. The van der Waals surface area contributed by atoms with Crippen molar-refractivity contribution in [3.63, 3.8) is 0 Å². The van der Waals surface area contributed by atoms with Crippen molar-refractivity contribution in [3.05, 3.63) is 117 Å². The summed E-state index contributed by atoms with van der Waals surface area (Å²) in [6, 6.07) is 23.0. The number of benzene rings is 3. The number of rotatable bonds is 5. The lowest BCUT2D eigenvalue weighted by Gasteiger charge is -2.11. The van der Waals surface area contributed by atoms with E-state index in [-0.39, 0.29) is 27.5 Å². The Morgan fingerprint density at radius 2 is 1.66 bits per heavy atom. The van der Waals surface area contributed by atoms with Crippen molar-refractivity contribution in [2.45, 2.75) is 0 Å². The fourth-order valence-corrected chi connectivity index (χ4v) is 3.30. The molecule has 0 spiro atoms. The summed E-state index contributed by atoms with van der Waals surface area (Å²) >= 11 is 5.95. The molecular formula is C25H15ClN2O4. The van der Waals surface area contributed by atoms with Gasteiger partial charge in [-0.2, -0.15) is 5.26 Å². The van der Waals surface area contributed by atoms with Crippen LogP contribution in [0.25, 0.3) is 5.69 Å². The van der Waals surface area contributed by atoms with Crippen molar-refractivity contribution in [3.8, 4) is 29.0 Å². The number of hydrogen-bond acceptors (Lipinski definition) is 5. The summed E-state index contributed by atoms with van der Waals surface area (Å²) in [5.41, 5.74) is -0.309. The third kappa shape index (κ3) is 4.24. The number of carbonyl (C=O) groups excluding carboxylic acids is 1. The zero-order chi connectivity index (χ0) is 22.7. The van der Waals surface area contributed by atoms with Gasteiger partial charge in [-0.1, -0.05) is 29.8 Å². The molecule has 1 N–H and O–H groups in total. The number of ether oxygens (including phenoxy) is 1. The third-order valence-electron chi connectivity index (χ3n) is 4.70.